The minimum absolute atomic E-state index is 0.0667. The quantitative estimate of drug-likeness (QED) is 0.489. The molecule has 27 heavy (non-hydrogen) atoms. The molecule has 0 fully saturated rings. The highest BCUT2D eigenvalue weighted by atomic mass is 32.1. The van der Waals surface area contributed by atoms with E-state index in [2.05, 4.69) is 29.1 Å². The summed E-state index contributed by atoms with van der Waals surface area (Å²) >= 11 is 1.46. The third-order valence-corrected chi connectivity index (χ3v) is 5.52. The summed E-state index contributed by atoms with van der Waals surface area (Å²) in [5.41, 5.74) is 3.90. The number of hydrogen-bond acceptors (Lipinski definition) is 3. The largest absolute Gasteiger partial charge is 0.341 e. The maximum atomic E-state index is 13.1. The number of thiophene rings is 1. The van der Waals surface area contributed by atoms with Crippen LogP contribution in [0, 0.1) is 5.92 Å². The number of rotatable bonds is 5. The molecule has 5 heteroatoms. The van der Waals surface area contributed by atoms with Crippen molar-refractivity contribution in [2.45, 2.75) is 19.9 Å². The van der Waals surface area contributed by atoms with Crippen LogP contribution in [0.3, 0.4) is 0 Å². The molecule has 4 nitrogen and oxygen atoms in total. The van der Waals surface area contributed by atoms with E-state index >= 15 is 0 Å². The first-order valence-corrected chi connectivity index (χ1v) is 9.90. The maximum absolute atomic E-state index is 13.1. The number of nitrogens with one attached hydrogen (secondary N) is 2. The van der Waals surface area contributed by atoms with Gasteiger partial charge < -0.3 is 10.3 Å². The van der Waals surface area contributed by atoms with E-state index in [1.54, 1.807) is 0 Å². The number of amides is 1. The Morgan fingerprint density at radius 2 is 1.78 bits per heavy atom. The minimum atomic E-state index is -0.185. The Bertz CT molecular complexity index is 1030. The molecule has 2 heterocycles. The van der Waals surface area contributed by atoms with Crippen molar-refractivity contribution in [3.63, 3.8) is 0 Å². The van der Waals surface area contributed by atoms with Gasteiger partial charge in [0.25, 0.3) is 5.91 Å². The number of imidazole rings is 1. The highest BCUT2D eigenvalue weighted by Crippen LogP contribution is 2.29. The molecule has 0 bridgehead atoms. The Morgan fingerprint density at radius 1 is 1.04 bits per heavy atom. The Hall–Kier alpha value is -2.92. The van der Waals surface area contributed by atoms with E-state index in [1.807, 2.05) is 66.0 Å². The fourth-order valence-corrected chi connectivity index (χ4v) is 4.03. The van der Waals surface area contributed by atoms with Crippen molar-refractivity contribution in [3.05, 3.63) is 76.7 Å². The normalized spacial score (nSPS) is 12.4. The van der Waals surface area contributed by atoms with E-state index in [1.165, 1.54) is 11.3 Å². The molecular formula is C22H21N3OS. The number of nitrogens with zero attached hydrogens (tertiary/aromatic N) is 1. The highest BCUT2D eigenvalue weighted by Gasteiger charge is 2.24. The van der Waals surface area contributed by atoms with Crippen LogP contribution in [0.1, 0.15) is 35.4 Å². The first-order chi connectivity index (χ1) is 13.1. The zero-order valence-electron chi connectivity index (χ0n) is 15.3. The van der Waals surface area contributed by atoms with Crippen LogP contribution in [0.2, 0.25) is 0 Å². The Balaban J connectivity index is 1.63. The Kier molecular flexibility index (Phi) is 4.77. The molecule has 2 N–H and O–H groups in total. The zero-order valence-corrected chi connectivity index (χ0v) is 16.1. The highest BCUT2D eigenvalue weighted by molar-refractivity contribution is 7.12. The predicted octanol–water partition coefficient (Wildman–Crippen LogP) is 5.42. The molecule has 4 rings (SSSR count). The monoisotopic (exact) mass is 375 g/mol. The maximum Gasteiger partial charge on any atom is 0.262 e. The van der Waals surface area contributed by atoms with Crippen LogP contribution in [-0.4, -0.2) is 15.9 Å². The van der Waals surface area contributed by atoms with Crippen molar-refractivity contribution in [1.29, 1.82) is 0 Å². The molecular weight excluding hydrogens is 354 g/mol. The van der Waals surface area contributed by atoms with Gasteiger partial charge in [0.05, 0.1) is 22.0 Å². The number of H-pyrrole nitrogens is 1. The van der Waals surface area contributed by atoms with Gasteiger partial charge in [-0.25, -0.2) is 4.98 Å². The van der Waals surface area contributed by atoms with Gasteiger partial charge in [0.1, 0.15) is 5.82 Å². The number of carbonyl (C=O) groups excluding carboxylic acids is 1. The summed E-state index contributed by atoms with van der Waals surface area (Å²) in [5, 5.41) is 5.15. The molecule has 1 unspecified atom stereocenters. The van der Waals surface area contributed by atoms with Gasteiger partial charge in [0.2, 0.25) is 0 Å². The van der Waals surface area contributed by atoms with Crippen LogP contribution in [0.4, 0.5) is 0 Å². The second kappa shape index (κ2) is 7.37. The van der Waals surface area contributed by atoms with Crippen molar-refractivity contribution in [1.82, 2.24) is 15.3 Å². The van der Waals surface area contributed by atoms with Gasteiger partial charge >= 0.3 is 0 Å². The van der Waals surface area contributed by atoms with Gasteiger partial charge in [0.15, 0.2) is 0 Å². The van der Waals surface area contributed by atoms with Crippen molar-refractivity contribution in [2.24, 2.45) is 5.92 Å². The fourth-order valence-electron chi connectivity index (χ4n) is 3.21. The number of fused-ring (bicyclic) bond motifs is 1. The van der Waals surface area contributed by atoms with Crippen molar-refractivity contribution >= 4 is 28.3 Å². The summed E-state index contributed by atoms with van der Waals surface area (Å²) in [5.74, 6) is 0.926. The van der Waals surface area contributed by atoms with Gasteiger partial charge in [0, 0.05) is 5.56 Å². The molecule has 0 radical (unpaired) electrons. The molecule has 0 saturated heterocycles. The minimum Gasteiger partial charge on any atom is -0.341 e. The molecule has 4 aromatic rings. The van der Waals surface area contributed by atoms with E-state index in [0.29, 0.717) is 0 Å². The lowest BCUT2D eigenvalue weighted by Crippen LogP contribution is -2.32. The van der Waals surface area contributed by atoms with Gasteiger partial charge in [-0.3, -0.25) is 4.79 Å². The van der Waals surface area contributed by atoms with Crippen molar-refractivity contribution in [3.8, 4) is 11.1 Å². The van der Waals surface area contributed by atoms with Gasteiger partial charge in [-0.2, -0.15) is 0 Å². The number of aromatic amines is 1. The van der Waals surface area contributed by atoms with E-state index in [9.17, 15) is 4.79 Å². The van der Waals surface area contributed by atoms with E-state index in [4.69, 9.17) is 0 Å². The summed E-state index contributed by atoms with van der Waals surface area (Å²) < 4.78 is 0. The van der Waals surface area contributed by atoms with Gasteiger partial charge in [-0.1, -0.05) is 56.3 Å². The molecule has 2 aromatic carbocycles. The lowest BCUT2D eigenvalue weighted by Gasteiger charge is -2.20. The summed E-state index contributed by atoms with van der Waals surface area (Å²) in [6.45, 7) is 4.18. The molecule has 1 atom stereocenters. The Labute approximate surface area is 162 Å². The fraction of sp³-hybridized carbons (Fsp3) is 0.182. The zero-order chi connectivity index (χ0) is 18.8. The lowest BCUT2D eigenvalue weighted by atomic mass is 10.0. The SMILES string of the molecule is CC(C)C(NC(=O)c1sccc1-c1ccccc1)c1nc2ccccc2[nH]1. The lowest BCUT2D eigenvalue weighted by molar-refractivity contribution is 0.0928. The molecule has 0 spiro atoms. The predicted molar refractivity (Wildman–Crippen MR) is 111 cm³/mol. The van der Waals surface area contributed by atoms with E-state index in [-0.39, 0.29) is 17.9 Å². The number of aromatic nitrogens is 2. The second-order valence-corrected chi connectivity index (χ2v) is 7.78. The summed E-state index contributed by atoms with van der Waals surface area (Å²) in [7, 11) is 0. The summed E-state index contributed by atoms with van der Waals surface area (Å²) in [4.78, 5) is 21.8. The molecule has 1 amide bonds. The number of carbonyl (C=O) groups is 1. The van der Waals surface area contributed by atoms with Crippen LogP contribution >= 0.6 is 11.3 Å². The second-order valence-electron chi connectivity index (χ2n) is 6.86. The average molecular weight is 375 g/mol. The topological polar surface area (TPSA) is 57.8 Å². The molecule has 2 aromatic heterocycles. The standard InChI is InChI=1S/C22H21N3OS/c1-14(2)19(21-23-17-10-6-7-11-18(17)24-21)25-22(26)20-16(12-13-27-20)15-8-4-3-5-9-15/h3-14,19H,1-2H3,(H,23,24)(H,25,26). The van der Waals surface area contributed by atoms with Crippen LogP contribution < -0.4 is 5.32 Å². The number of benzene rings is 2. The number of hydrogen-bond donors (Lipinski definition) is 2. The third kappa shape index (κ3) is 3.51. The summed E-state index contributed by atoms with van der Waals surface area (Å²) in [6.07, 6.45) is 0. The first kappa shape index (κ1) is 17.5. The molecule has 0 saturated carbocycles. The van der Waals surface area contributed by atoms with E-state index in [0.717, 1.165) is 32.9 Å². The average Bonchev–Trinajstić information content (AvgIpc) is 3.33. The third-order valence-electron chi connectivity index (χ3n) is 4.61. The van der Waals surface area contributed by atoms with Gasteiger partial charge in [-0.05, 0) is 35.1 Å². The first-order valence-electron chi connectivity index (χ1n) is 9.02. The Morgan fingerprint density at radius 3 is 2.52 bits per heavy atom. The van der Waals surface area contributed by atoms with Crippen molar-refractivity contribution in [2.75, 3.05) is 0 Å². The molecule has 0 aliphatic carbocycles. The van der Waals surface area contributed by atoms with Crippen molar-refractivity contribution < 1.29 is 4.79 Å². The summed E-state index contributed by atoms with van der Waals surface area (Å²) in [6, 6.07) is 19.7. The molecule has 0 aliphatic heterocycles. The van der Waals surface area contributed by atoms with Gasteiger partial charge in [-0.15, -0.1) is 11.3 Å². The number of para-hydroxylation sites is 2. The van der Waals surface area contributed by atoms with E-state index < -0.39 is 0 Å². The molecule has 0 aliphatic rings. The van der Waals surface area contributed by atoms with Crippen LogP contribution in [0.5, 0.6) is 0 Å². The van der Waals surface area contributed by atoms with Crippen LogP contribution in [0.25, 0.3) is 22.2 Å². The smallest absolute Gasteiger partial charge is 0.262 e. The van der Waals surface area contributed by atoms with Crippen LogP contribution in [-0.2, 0) is 0 Å². The van der Waals surface area contributed by atoms with Crippen LogP contribution in [0.15, 0.2) is 66.0 Å². The molecule has 136 valence electrons.